The van der Waals surface area contributed by atoms with Crippen LogP contribution in [0.1, 0.15) is 31.2 Å². The van der Waals surface area contributed by atoms with Crippen LogP contribution in [0.25, 0.3) is 0 Å². The second-order valence-corrected chi connectivity index (χ2v) is 9.67. The Morgan fingerprint density at radius 3 is 2.19 bits per heavy atom. The fraction of sp³-hybridized carbons (Fsp3) is 0.438. The minimum absolute atomic E-state index is 0.0132. The Labute approximate surface area is 153 Å². The van der Waals surface area contributed by atoms with Crippen molar-refractivity contribution >= 4 is 25.7 Å². The van der Waals surface area contributed by atoms with Crippen LogP contribution in [0.3, 0.4) is 0 Å². The predicted molar refractivity (Wildman–Crippen MR) is 98.0 cm³/mol. The van der Waals surface area contributed by atoms with Crippen molar-refractivity contribution in [1.82, 2.24) is 14.5 Å². The Kier molecular flexibility index (Phi) is 4.84. The van der Waals surface area contributed by atoms with Crippen molar-refractivity contribution in [3.8, 4) is 0 Å². The van der Waals surface area contributed by atoms with Gasteiger partial charge in [-0.05, 0) is 57.9 Å². The monoisotopic (exact) mass is 398 g/mol. The summed E-state index contributed by atoms with van der Waals surface area (Å²) in [5.41, 5.74) is 1.27. The summed E-state index contributed by atoms with van der Waals surface area (Å²) < 4.78 is 56.5. The standard InChI is InChI=1S/C16H22N4O4S2/c1-4-20-12(3)16(11(2)17-20)26(23,24)19-14-7-9-15(10-8-14)25(21,22)18-13-5-6-13/h7-10,13,18-19H,4-6H2,1-3H3. The van der Waals surface area contributed by atoms with Crippen molar-refractivity contribution in [2.24, 2.45) is 0 Å². The third-order valence-corrected chi connectivity index (χ3v) is 7.37. The number of hydrogen-bond donors (Lipinski definition) is 2. The molecule has 26 heavy (non-hydrogen) atoms. The molecule has 3 rings (SSSR count). The van der Waals surface area contributed by atoms with Gasteiger partial charge in [0.05, 0.1) is 16.3 Å². The molecule has 1 aliphatic carbocycles. The molecule has 2 N–H and O–H groups in total. The molecule has 8 nitrogen and oxygen atoms in total. The Hall–Kier alpha value is -1.91. The highest BCUT2D eigenvalue weighted by Gasteiger charge is 2.28. The highest BCUT2D eigenvalue weighted by Crippen LogP contribution is 2.25. The fourth-order valence-electron chi connectivity index (χ4n) is 2.77. The fourth-order valence-corrected chi connectivity index (χ4v) is 5.55. The zero-order valence-corrected chi connectivity index (χ0v) is 16.5. The number of hydrogen-bond acceptors (Lipinski definition) is 5. The summed E-state index contributed by atoms with van der Waals surface area (Å²) in [6.45, 7) is 5.81. The summed E-state index contributed by atoms with van der Waals surface area (Å²) in [7, 11) is -7.38. The molecule has 0 saturated heterocycles. The van der Waals surface area contributed by atoms with E-state index < -0.39 is 20.0 Å². The first-order chi connectivity index (χ1) is 12.1. The Bertz CT molecular complexity index is 1020. The van der Waals surface area contributed by atoms with Crippen molar-refractivity contribution in [2.75, 3.05) is 4.72 Å². The zero-order valence-electron chi connectivity index (χ0n) is 14.9. The molecule has 0 bridgehead atoms. The van der Waals surface area contributed by atoms with Crippen LogP contribution >= 0.6 is 0 Å². The van der Waals surface area contributed by atoms with Crippen LogP contribution in [0.2, 0.25) is 0 Å². The summed E-state index contributed by atoms with van der Waals surface area (Å²) in [5, 5.41) is 4.23. The highest BCUT2D eigenvalue weighted by atomic mass is 32.2. The van der Waals surface area contributed by atoms with Gasteiger partial charge < -0.3 is 0 Å². The largest absolute Gasteiger partial charge is 0.280 e. The second-order valence-electron chi connectivity index (χ2n) is 6.34. The summed E-state index contributed by atoms with van der Waals surface area (Å²) in [4.78, 5) is 0.255. The minimum atomic E-state index is -3.82. The second kappa shape index (κ2) is 6.67. The van der Waals surface area contributed by atoms with Gasteiger partial charge in [0.1, 0.15) is 4.90 Å². The molecule has 0 radical (unpaired) electrons. The van der Waals surface area contributed by atoms with Crippen LogP contribution in [0.15, 0.2) is 34.1 Å². The molecule has 0 unspecified atom stereocenters. The summed E-state index contributed by atoms with van der Waals surface area (Å²) in [5.74, 6) is 0. The van der Waals surface area contributed by atoms with Crippen molar-refractivity contribution in [3.63, 3.8) is 0 Å². The Morgan fingerprint density at radius 2 is 1.69 bits per heavy atom. The molecule has 0 aliphatic heterocycles. The van der Waals surface area contributed by atoms with Crippen LogP contribution in [0.4, 0.5) is 5.69 Å². The lowest BCUT2D eigenvalue weighted by atomic mass is 10.3. The number of anilines is 1. The van der Waals surface area contributed by atoms with Gasteiger partial charge in [-0.25, -0.2) is 21.6 Å². The molecule has 1 saturated carbocycles. The summed E-state index contributed by atoms with van der Waals surface area (Å²) >= 11 is 0. The van der Waals surface area contributed by atoms with Crippen LogP contribution in [0, 0.1) is 13.8 Å². The van der Waals surface area contributed by atoms with E-state index in [1.54, 1.807) is 18.5 Å². The molecular weight excluding hydrogens is 376 g/mol. The smallest absolute Gasteiger partial charge is 0.265 e. The topological polar surface area (TPSA) is 110 Å². The van der Waals surface area contributed by atoms with Crippen LogP contribution in [-0.4, -0.2) is 32.7 Å². The molecule has 0 spiro atoms. The first-order valence-electron chi connectivity index (χ1n) is 8.33. The summed E-state index contributed by atoms with van der Waals surface area (Å²) in [6.07, 6.45) is 1.70. The molecule has 1 fully saturated rings. The normalized spacial score (nSPS) is 15.2. The molecule has 142 valence electrons. The van der Waals surface area contributed by atoms with E-state index in [9.17, 15) is 16.8 Å². The number of nitrogens with zero attached hydrogens (tertiary/aromatic N) is 2. The van der Waals surface area contributed by atoms with E-state index in [0.29, 0.717) is 23.6 Å². The zero-order chi connectivity index (χ0) is 19.1. The molecule has 1 aliphatic rings. The number of benzene rings is 1. The van der Waals surface area contributed by atoms with Gasteiger partial charge in [0.15, 0.2) is 0 Å². The summed E-state index contributed by atoms with van der Waals surface area (Å²) in [6, 6.07) is 5.66. The average molecular weight is 399 g/mol. The van der Waals surface area contributed by atoms with Crippen LogP contribution < -0.4 is 9.44 Å². The van der Waals surface area contributed by atoms with E-state index in [1.165, 1.54) is 24.3 Å². The van der Waals surface area contributed by atoms with E-state index in [2.05, 4.69) is 14.5 Å². The highest BCUT2D eigenvalue weighted by molar-refractivity contribution is 7.92. The Balaban J connectivity index is 1.83. The number of sulfonamides is 2. The third kappa shape index (κ3) is 3.76. The van der Waals surface area contributed by atoms with E-state index in [4.69, 9.17) is 0 Å². The molecule has 0 amide bonds. The minimum Gasteiger partial charge on any atom is -0.280 e. The van der Waals surface area contributed by atoms with E-state index in [1.807, 2.05) is 6.92 Å². The predicted octanol–water partition coefficient (Wildman–Crippen LogP) is 1.76. The van der Waals surface area contributed by atoms with Gasteiger partial charge in [-0.1, -0.05) is 0 Å². The number of aromatic nitrogens is 2. The SMILES string of the molecule is CCn1nc(C)c(S(=O)(=O)Nc2ccc(S(=O)(=O)NC3CC3)cc2)c1C. The van der Waals surface area contributed by atoms with Gasteiger partial charge in [-0.2, -0.15) is 5.10 Å². The van der Waals surface area contributed by atoms with Crippen molar-refractivity contribution in [3.05, 3.63) is 35.7 Å². The van der Waals surface area contributed by atoms with Gasteiger partial charge in [-0.3, -0.25) is 9.40 Å². The lowest BCUT2D eigenvalue weighted by Gasteiger charge is -2.10. The van der Waals surface area contributed by atoms with Crippen molar-refractivity contribution in [2.45, 2.75) is 56.0 Å². The lowest BCUT2D eigenvalue weighted by Crippen LogP contribution is -2.25. The van der Waals surface area contributed by atoms with E-state index in [0.717, 1.165) is 12.8 Å². The maximum Gasteiger partial charge on any atom is 0.265 e. The molecule has 1 aromatic carbocycles. The molecule has 0 atom stereocenters. The number of rotatable bonds is 7. The maximum absolute atomic E-state index is 12.7. The molecular formula is C16H22N4O4S2. The van der Waals surface area contributed by atoms with Gasteiger partial charge >= 0.3 is 0 Å². The van der Waals surface area contributed by atoms with E-state index >= 15 is 0 Å². The Morgan fingerprint density at radius 1 is 1.08 bits per heavy atom. The molecule has 2 aromatic rings. The first kappa shape index (κ1) is 18.9. The third-order valence-electron chi connectivity index (χ3n) is 4.20. The van der Waals surface area contributed by atoms with Crippen molar-refractivity contribution in [1.29, 1.82) is 0 Å². The van der Waals surface area contributed by atoms with Gasteiger partial charge in [0.25, 0.3) is 10.0 Å². The quantitative estimate of drug-likeness (QED) is 0.738. The van der Waals surface area contributed by atoms with Crippen LogP contribution in [-0.2, 0) is 26.6 Å². The van der Waals surface area contributed by atoms with Gasteiger partial charge in [0.2, 0.25) is 10.0 Å². The number of aryl methyl sites for hydroxylation is 2. The van der Waals surface area contributed by atoms with Crippen molar-refractivity contribution < 1.29 is 16.8 Å². The van der Waals surface area contributed by atoms with E-state index in [-0.39, 0.29) is 15.8 Å². The average Bonchev–Trinajstić information content (AvgIpc) is 3.29. The molecule has 1 heterocycles. The van der Waals surface area contributed by atoms with Gasteiger partial charge in [0, 0.05) is 18.3 Å². The molecule has 10 heteroatoms. The number of nitrogens with one attached hydrogen (secondary N) is 2. The van der Waals surface area contributed by atoms with Crippen LogP contribution in [0.5, 0.6) is 0 Å². The van der Waals surface area contributed by atoms with Gasteiger partial charge in [-0.15, -0.1) is 0 Å². The maximum atomic E-state index is 12.7. The first-order valence-corrected chi connectivity index (χ1v) is 11.3. The lowest BCUT2D eigenvalue weighted by molar-refractivity contribution is 0.581. The molecule has 1 aromatic heterocycles.